The standard InChI is InChI=1S/C12H13F3N2O2/c1-19-6-4-9(16-5-6)12(18)17-8-3-2-7(13)10(14)11(8)15/h2-3,6,9,16H,4-5H2,1H3,(H,17,18). The van der Waals surface area contributed by atoms with E-state index in [0.717, 1.165) is 12.1 Å². The van der Waals surface area contributed by atoms with Gasteiger partial charge in [-0.1, -0.05) is 0 Å². The Morgan fingerprint density at radius 1 is 1.37 bits per heavy atom. The van der Waals surface area contributed by atoms with E-state index < -0.39 is 29.4 Å². The number of anilines is 1. The first kappa shape index (κ1) is 13.8. The normalized spacial score (nSPS) is 22.5. The molecule has 0 aromatic heterocycles. The zero-order valence-corrected chi connectivity index (χ0v) is 10.2. The number of methoxy groups -OCH3 is 1. The number of halogens is 3. The summed E-state index contributed by atoms with van der Waals surface area (Å²) in [5.74, 6) is -4.82. The Kier molecular flexibility index (Phi) is 4.06. The van der Waals surface area contributed by atoms with E-state index in [4.69, 9.17) is 4.74 Å². The lowest BCUT2D eigenvalue weighted by Crippen LogP contribution is -2.35. The maximum absolute atomic E-state index is 13.4. The Hall–Kier alpha value is -1.60. The van der Waals surface area contributed by atoms with E-state index in [-0.39, 0.29) is 11.8 Å². The largest absolute Gasteiger partial charge is 0.380 e. The number of carbonyl (C=O) groups excluding carboxylic acids is 1. The molecule has 1 heterocycles. The van der Waals surface area contributed by atoms with Gasteiger partial charge in [0.15, 0.2) is 17.5 Å². The first-order valence-corrected chi connectivity index (χ1v) is 5.73. The smallest absolute Gasteiger partial charge is 0.241 e. The summed E-state index contributed by atoms with van der Waals surface area (Å²) in [7, 11) is 1.53. The van der Waals surface area contributed by atoms with Gasteiger partial charge in [-0.25, -0.2) is 13.2 Å². The van der Waals surface area contributed by atoms with Gasteiger partial charge in [0.2, 0.25) is 5.91 Å². The molecule has 2 atom stereocenters. The Morgan fingerprint density at radius 2 is 2.11 bits per heavy atom. The van der Waals surface area contributed by atoms with Gasteiger partial charge in [0.25, 0.3) is 0 Å². The Morgan fingerprint density at radius 3 is 2.74 bits per heavy atom. The topological polar surface area (TPSA) is 50.4 Å². The van der Waals surface area contributed by atoms with Gasteiger partial charge in [0, 0.05) is 13.7 Å². The lowest BCUT2D eigenvalue weighted by atomic mass is 10.2. The maximum atomic E-state index is 13.4. The second kappa shape index (κ2) is 5.58. The summed E-state index contributed by atoms with van der Waals surface area (Å²) in [6.45, 7) is 0.509. The average Bonchev–Trinajstić information content (AvgIpc) is 2.88. The number of ether oxygens (including phenoxy) is 1. The number of nitrogens with one attached hydrogen (secondary N) is 2. The van der Waals surface area contributed by atoms with Gasteiger partial charge in [0.1, 0.15) is 0 Å². The molecular weight excluding hydrogens is 261 g/mol. The van der Waals surface area contributed by atoms with Crippen molar-refractivity contribution in [1.82, 2.24) is 5.32 Å². The van der Waals surface area contributed by atoms with Gasteiger partial charge in [0.05, 0.1) is 17.8 Å². The third-order valence-corrected chi connectivity index (χ3v) is 3.03. The number of hydrogen-bond donors (Lipinski definition) is 2. The third-order valence-electron chi connectivity index (χ3n) is 3.03. The predicted molar refractivity (Wildman–Crippen MR) is 62.2 cm³/mol. The van der Waals surface area contributed by atoms with Crippen molar-refractivity contribution in [3.63, 3.8) is 0 Å². The molecule has 2 N–H and O–H groups in total. The van der Waals surface area contributed by atoms with Crippen molar-refractivity contribution in [1.29, 1.82) is 0 Å². The van der Waals surface area contributed by atoms with Crippen molar-refractivity contribution < 1.29 is 22.7 Å². The van der Waals surface area contributed by atoms with Crippen LogP contribution in [0.5, 0.6) is 0 Å². The molecule has 104 valence electrons. The molecule has 7 heteroatoms. The minimum atomic E-state index is -1.60. The first-order valence-electron chi connectivity index (χ1n) is 5.73. The summed E-state index contributed by atoms with van der Waals surface area (Å²) < 4.78 is 44.2. The van der Waals surface area contributed by atoms with E-state index in [9.17, 15) is 18.0 Å². The Balaban J connectivity index is 2.06. The summed E-state index contributed by atoms with van der Waals surface area (Å²) in [4.78, 5) is 11.8. The molecule has 1 aliphatic heterocycles. The van der Waals surface area contributed by atoms with Crippen molar-refractivity contribution in [3.05, 3.63) is 29.6 Å². The minimum absolute atomic E-state index is 0.0921. The van der Waals surface area contributed by atoms with E-state index in [1.165, 1.54) is 7.11 Å². The van der Waals surface area contributed by atoms with E-state index in [1.807, 2.05) is 0 Å². The van der Waals surface area contributed by atoms with E-state index >= 15 is 0 Å². The zero-order valence-electron chi connectivity index (χ0n) is 10.2. The molecular formula is C12H13F3N2O2. The van der Waals surface area contributed by atoms with E-state index in [2.05, 4.69) is 10.6 Å². The molecule has 1 fully saturated rings. The fourth-order valence-electron chi connectivity index (χ4n) is 1.92. The van der Waals surface area contributed by atoms with Crippen molar-refractivity contribution >= 4 is 11.6 Å². The van der Waals surface area contributed by atoms with Gasteiger partial charge in [-0.15, -0.1) is 0 Å². The number of amides is 1. The van der Waals surface area contributed by atoms with Gasteiger partial charge >= 0.3 is 0 Å². The van der Waals surface area contributed by atoms with Gasteiger partial charge in [-0.05, 0) is 18.6 Å². The summed E-state index contributed by atoms with van der Waals surface area (Å²) in [5.41, 5.74) is -0.383. The molecule has 0 bridgehead atoms. The molecule has 4 nitrogen and oxygen atoms in total. The quantitative estimate of drug-likeness (QED) is 0.820. The van der Waals surface area contributed by atoms with Crippen molar-refractivity contribution in [2.75, 3.05) is 19.0 Å². The lowest BCUT2D eigenvalue weighted by Gasteiger charge is -2.12. The lowest BCUT2D eigenvalue weighted by molar-refractivity contribution is -0.118. The second-order valence-electron chi connectivity index (χ2n) is 4.27. The molecule has 1 saturated heterocycles. The summed E-state index contributed by atoms with van der Waals surface area (Å²) in [6.07, 6.45) is 0.346. The van der Waals surface area contributed by atoms with Crippen molar-refractivity contribution in [2.24, 2.45) is 0 Å². The first-order chi connectivity index (χ1) is 9.02. The highest BCUT2D eigenvalue weighted by molar-refractivity contribution is 5.95. The van der Waals surface area contributed by atoms with Crippen LogP contribution in [-0.2, 0) is 9.53 Å². The molecule has 0 saturated carbocycles. The molecule has 2 unspecified atom stereocenters. The molecule has 1 amide bonds. The highest BCUT2D eigenvalue weighted by atomic mass is 19.2. The van der Waals surface area contributed by atoms with Crippen LogP contribution in [0.25, 0.3) is 0 Å². The van der Waals surface area contributed by atoms with Crippen LogP contribution in [0, 0.1) is 17.5 Å². The number of hydrogen-bond acceptors (Lipinski definition) is 3. The average molecular weight is 274 g/mol. The maximum Gasteiger partial charge on any atom is 0.241 e. The zero-order chi connectivity index (χ0) is 14.0. The van der Waals surface area contributed by atoms with Gasteiger partial charge in [-0.2, -0.15) is 0 Å². The number of carbonyl (C=O) groups is 1. The summed E-state index contributed by atoms with van der Waals surface area (Å²) >= 11 is 0. The molecule has 2 rings (SSSR count). The molecule has 0 radical (unpaired) electrons. The molecule has 0 aliphatic carbocycles. The molecule has 1 aromatic rings. The second-order valence-corrected chi connectivity index (χ2v) is 4.27. The van der Waals surface area contributed by atoms with Crippen molar-refractivity contribution in [2.45, 2.75) is 18.6 Å². The SMILES string of the molecule is COC1CNC(C(=O)Nc2ccc(F)c(F)c2F)C1. The summed E-state index contributed by atoms with van der Waals surface area (Å²) in [5, 5.41) is 5.12. The fourth-order valence-corrected chi connectivity index (χ4v) is 1.92. The molecule has 1 aromatic carbocycles. The van der Waals surface area contributed by atoms with E-state index in [0.29, 0.717) is 13.0 Å². The van der Waals surface area contributed by atoms with E-state index in [1.54, 1.807) is 0 Å². The summed E-state index contributed by atoms with van der Waals surface area (Å²) in [6, 6.07) is 1.19. The van der Waals surface area contributed by atoms with Crippen LogP contribution in [0.1, 0.15) is 6.42 Å². The molecule has 19 heavy (non-hydrogen) atoms. The fraction of sp³-hybridized carbons (Fsp3) is 0.417. The van der Waals surface area contributed by atoms with Crippen LogP contribution in [0.15, 0.2) is 12.1 Å². The monoisotopic (exact) mass is 274 g/mol. The number of rotatable bonds is 3. The van der Waals surface area contributed by atoms with Crippen LogP contribution >= 0.6 is 0 Å². The van der Waals surface area contributed by atoms with Crippen LogP contribution in [-0.4, -0.2) is 31.7 Å². The van der Waals surface area contributed by atoms with Crippen LogP contribution < -0.4 is 10.6 Å². The van der Waals surface area contributed by atoms with Crippen LogP contribution in [0.2, 0.25) is 0 Å². The minimum Gasteiger partial charge on any atom is -0.380 e. The molecule has 0 spiro atoms. The van der Waals surface area contributed by atoms with Gasteiger partial charge in [-0.3, -0.25) is 4.79 Å². The predicted octanol–water partition coefficient (Wildman–Crippen LogP) is 1.42. The van der Waals surface area contributed by atoms with Gasteiger partial charge < -0.3 is 15.4 Å². The molecule has 1 aliphatic rings. The third kappa shape index (κ3) is 2.87. The Bertz CT molecular complexity index is 496. The Labute approximate surface area is 107 Å². The van der Waals surface area contributed by atoms with Crippen LogP contribution in [0.3, 0.4) is 0 Å². The van der Waals surface area contributed by atoms with Crippen LogP contribution in [0.4, 0.5) is 18.9 Å². The highest BCUT2D eigenvalue weighted by Gasteiger charge is 2.30. The number of benzene rings is 1. The highest BCUT2D eigenvalue weighted by Crippen LogP contribution is 2.20. The van der Waals surface area contributed by atoms with Crippen molar-refractivity contribution in [3.8, 4) is 0 Å².